The van der Waals surface area contributed by atoms with Crippen LogP contribution in [-0.4, -0.2) is 56.3 Å². The molecule has 6 nitrogen and oxygen atoms in total. The van der Waals surface area contributed by atoms with Crippen LogP contribution >= 0.6 is 0 Å². The summed E-state index contributed by atoms with van der Waals surface area (Å²) in [4.78, 5) is 29.7. The van der Waals surface area contributed by atoms with Gasteiger partial charge in [0.05, 0.1) is 11.5 Å². The number of alkyl halides is 3. The largest absolute Gasteiger partial charge is 0.417 e. The van der Waals surface area contributed by atoms with Crippen LogP contribution in [0.1, 0.15) is 60.4 Å². The van der Waals surface area contributed by atoms with Gasteiger partial charge in [0, 0.05) is 56.4 Å². The Kier molecular flexibility index (Phi) is 6.07. The summed E-state index contributed by atoms with van der Waals surface area (Å²) in [5, 5.41) is 0. The Hall–Kier alpha value is -2.55. The summed E-state index contributed by atoms with van der Waals surface area (Å²) in [7, 11) is 0. The van der Waals surface area contributed by atoms with E-state index in [1.54, 1.807) is 11.2 Å². The molecule has 2 aromatic heterocycles. The number of amides is 1. The fourth-order valence-electron chi connectivity index (χ4n) is 5.64. The number of carbonyl (C=O) groups excluding carboxylic acids is 1. The van der Waals surface area contributed by atoms with Crippen LogP contribution in [0.4, 0.5) is 13.2 Å². The van der Waals surface area contributed by atoms with Gasteiger partial charge in [-0.05, 0) is 61.8 Å². The fraction of sp³-hybridized carbons (Fsp3) is 0.583. The van der Waals surface area contributed by atoms with E-state index in [4.69, 9.17) is 0 Å². The highest BCUT2D eigenvalue weighted by Gasteiger charge is 2.38. The lowest BCUT2D eigenvalue weighted by atomic mass is 9.82. The van der Waals surface area contributed by atoms with Gasteiger partial charge in [0.1, 0.15) is 6.33 Å². The quantitative estimate of drug-likeness (QED) is 0.698. The van der Waals surface area contributed by atoms with E-state index >= 15 is 0 Å². The molecule has 2 aromatic rings. The minimum atomic E-state index is -4.42. The van der Waals surface area contributed by atoms with Gasteiger partial charge in [-0.1, -0.05) is 0 Å². The first-order valence-corrected chi connectivity index (χ1v) is 11.7. The molecule has 2 fully saturated rings. The molecule has 2 aliphatic heterocycles. The summed E-state index contributed by atoms with van der Waals surface area (Å²) in [5.41, 5.74) is 1.64. The summed E-state index contributed by atoms with van der Waals surface area (Å²) < 4.78 is 39.2. The van der Waals surface area contributed by atoms with Gasteiger partial charge < -0.3 is 4.90 Å². The number of nitrogens with zero attached hydrogens (tertiary/aromatic N) is 5. The van der Waals surface area contributed by atoms with Crippen molar-refractivity contribution in [3.63, 3.8) is 0 Å². The number of hydrogen-bond acceptors (Lipinski definition) is 5. The van der Waals surface area contributed by atoms with Crippen LogP contribution < -0.4 is 0 Å². The van der Waals surface area contributed by atoms with E-state index in [9.17, 15) is 18.0 Å². The number of halogens is 3. The molecule has 4 heterocycles. The van der Waals surface area contributed by atoms with Crippen LogP contribution in [0.2, 0.25) is 0 Å². The zero-order chi connectivity index (χ0) is 23.0. The number of likely N-dealkylation sites (tertiary alicyclic amines) is 1. The molecular formula is C24H28F3N5O. The summed E-state index contributed by atoms with van der Waals surface area (Å²) >= 11 is 0. The minimum Gasteiger partial charge on any atom is -0.338 e. The predicted molar refractivity (Wildman–Crippen MR) is 115 cm³/mol. The highest BCUT2D eigenvalue weighted by Crippen LogP contribution is 2.36. The van der Waals surface area contributed by atoms with Crippen LogP contribution in [0.5, 0.6) is 0 Å². The molecule has 0 N–H and O–H groups in total. The molecule has 9 heteroatoms. The van der Waals surface area contributed by atoms with Crippen molar-refractivity contribution in [2.45, 2.75) is 63.2 Å². The van der Waals surface area contributed by atoms with E-state index in [0.717, 1.165) is 57.5 Å². The number of carbonyl (C=O) groups is 1. The molecule has 0 aromatic carbocycles. The van der Waals surface area contributed by atoms with Gasteiger partial charge in [-0.25, -0.2) is 9.97 Å². The fourth-order valence-corrected chi connectivity index (χ4v) is 5.64. The van der Waals surface area contributed by atoms with Crippen molar-refractivity contribution >= 4 is 5.91 Å². The first kappa shape index (κ1) is 22.3. The summed E-state index contributed by atoms with van der Waals surface area (Å²) in [6, 6.07) is 1.64. The van der Waals surface area contributed by atoms with E-state index in [1.807, 2.05) is 12.4 Å². The van der Waals surface area contributed by atoms with Crippen molar-refractivity contribution in [2.24, 2.45) is 5.92 Å². The molecule has 1 amide bonds. The molecule has 1 atom stereocenters. The summed E-state index contributed by atoms with van der Waals surface area (Å²) in [5.74, 6) is 0.493. The first-order valence-electron chi connectivity index (χ1n) is 11.7. The minimum absolute atomic E-state index is 0.0654. The second-order valence-electron chi connectivity index (χ2n) is 9.50. The Morgan fingerprint density at radius 2 is 1.76 bits per heavy atom. The Morgan fingerprint density at radius 3 is 2.48 bits per heavy atom. The van der Waals surface area contributed by atoms with Crippen molar-refractivity contribution < 1.29 is 18.0 Å². The molecular weight excluding hydrogens is 431 g/mol. The normalized spacial score (nSPS) is 26.3. The van der Waals surface area contributed by atoms with Crippen molar-refractivity contribution in [3.8, 4) is 0 Å². The van der Waals surface area contributed by atoms with Gasteiger partial charge in [0.25, 0.3) is 0 Å². The molecule has 3 aliphatic rings. The highest BCUT2D eigenvalue weighted by molar-refractivity contribution is 5.79. The van der Waals surface area contributed by atoms with Gasteiger partial charge in [0.2, 0.25) is 5.91 Å². The van der Waals surface area contributed by atoms with Crippen LogP contribution in [-0.2, 0) is 23.9 Å². The van der Waals surface area contributed by atoms with Gasteiger partial charge >= 0.3 is 6.18 Å². The lowest BCUT2D eigenvalue weighted by molar-refractivity contribution is -0.137. The highest BCUT2D eigenvalue weighted by atomic mass is 19.4. The molecule has 0 radical (unpaired) electrons. The van der Waals surface area contributed by atoms with E-state index < -0.39 is 11.7 Å². The zero-order valence-corrected chi connectivity index (χ0v) is 18.5. The van der Waals surface area contributed by atoms with Crippen LogP contribution in [0, 0.1) is 5.92 Å². The van der Waals surface area contributed by atoms with E-state index in [1.165, 1.54) is 5.56 Å². The third-order valence-corrected chi connectivity index (χ3v) is 7.51. The number of pyridine rings is 1. The second-order valence-corrected chi connectivity index (χ2v) is 9.50. The lowest BCUT2D eigenvalue weighted by Gasteiger charge is -2.35. The molecule has 1 aliphatic carbocycles. The van der Waals surface area contributed by atoms with Gasteiger partial charge in [0.15, 0.2) is 0 Å². The van der Waals surface area contributed by atoms with Crippen LogP contribution in [0.15, 0.2) is 31.0 Å². The Labute approximate surface area is 191 Å². The lowest BCUT2D eigenvalue weighted by Crippen LogP contribution is -2.42. The van der Waals surface area contributed by atoms with Gasteiger partial charge in [-0.3, -0.25) is 14.7 Å². The summed E-state index contributed by atoms with van der Waals surface area (Å²) in [6.07, 6.45) is 7.57. The molecule has 0 bridgehead atoms. The molecule has 5 rings (SSSR count). The molecule has 176 valence electrons. The van der Waals surface area contributed by atoms with Crippen molar-refractivity contribution in [1.29, 1.82) is 0 Å². The van der Waals surface area contributed by atoms with Crippen molar-refractivity contribution in [2.75, 3.05) is 19.6 Å². The molecule has 0 spiro atoms. The smallest absolute Gasteiger partial charge is 0.338 e. The maximum atomic E-state index is 13.2. The zero-order valence-electron chi connectivity index (χ0n) is 18.5. The molecule has 33 heavy (non-hydrogen) atoms. The van der Waals surface area contributed by atoms with Gasteiger partial charge in [-0.2, -0.15) is 13.2 Å². The van der Waals surface area contributed by atoms with E-state index in [0.29, 0.717) is 36.2 Å². The van der Waals surface area contributed by atoms with E-state index in [2.05, 4.69) is 19.9 Å². The monoisotopic (exact) mass is 459 g/mol. The third kappa shape index (κ3) is 4.74. The Morgan fingerprint density at radius 1 is 1.00 bits per heavy atom. The molecule has 1 unspecified atom stereocenters. The number of hydrogen-bond donors (Lipinski definition) is 0. The molecule has 1 saturated carbocycles. The average molecular weight is 460 g/mol. The van der Waals surface area contributed by atoms with E-state index in [-0.39, 0.29) is 18.4 Å². The SMILES string of the molecule is O=C(C1CCN(C2CCC(c3cncnc3)CC2)C1)N1CCc2ncc(C(F)(F)F)cc2C1. The summed E-state index contributed by atoms with van der Waals surface area (Å²) in [6.45, 7) is 2.38. The standard InChI is InChI=1S/C24H28F3N5O/c25-24(26,27)20-9-18-14-32(8-6-22(18)30-12-20)23(33)17-5-7-31(13-17)21-3-1-16(2-4-21)19-10-28-15-29-11-19/h9-12,15-17,21H,1-8,13-14H2. The maximum Gasteiger partial charge on any atom is 0.417 e. The Balaban J connectivity index is 1.16. The van der Waals surface area contributed by atoms with Crippen LogP contribution in [0.25, 0.3) is 0 Å². The van der Waals surface area contributed by atoms with Crippen molar-refractivity contribution in [1.82, 2.24) is 24.8 Å². The number of aromatic nitrogens is 3. The molecule has 1 saturated heterocycles. The van der Waals surface area contributed by atoms with Crippen LogP contribution in [0.3, 0.4) is 0 Å². The first-order chi connectivity index (χ1) is 15.9. The predicted octanol–water partition coefficient (Wildman–Crippen LogP) is 3.82. The van der Waals surface area contributed by atoms with Gasteiger partial charge in [-0.15, -0.1) is 0 Å². The second kappa shape index (κ2) is 9.00. The topological polar surface area (TPSA) is 62.2 Å². The number of rotatable bonds is 3. The number of fused-ring (bicyclic) bond motifs is 1. The Bertz CT molecular complexity index is 991. The third-order valence-electron chi connectivity index (χ3n) is 7.51. The average Bonchev–Trinajstić information content (AvgIpc) is 3.33. The maximum absolute atomic E-state index is 13.2. The van der Waals surface area contributed by atoms with Crippen molar-refractivity contribution in [3.05, 3.63) is 53.4 Å².